The fraction of sp³-hybridized carbons (Fsp3) is 0.0364. The van der Waals surface area contributed by atoms with Gasteiger partial charge in [0, 0.05) is 28.0 Å². The molecule has 0 fully saturated rings. The Bertz CT molecular complexity index is 2910. The highest BCUT2D eigenvalue weighted by molar-refractivity contribution is 5.99. The van der Waals surface area contributed by atoms with Crippen LogP contribution in [0.3, 0.4) is 0 Å². The van der Waals surface area contributed by atoms with Crippen molar-refractivity contribution in [3.05, 3.63) is 236 Å². The van der Waals surface area contributed by atoms with Gasteiger partial charge in [0.2, 0.25) is 0 Å². The Morgan fingerprint density at radius 1 is 0.379 bits per heavy atom. The van der Waals surface area contributed by atoms with E-state index in [0.717, 1.165) is 39.5 Å². The minimum atomic E-state index is 0.961. The van der Waals surface area contributed by atoms with Gasteiger partial charge in [0.1, 0.15) is 5.82 Å². The van der Waals surface area contributed by atoms with Crippen molar-refractivity contribution in [1.82, 2.24) is 9.55 Å². The smallest absolute Gasteiger partial charge is 0.145 e. The van der Waals surface area contributed by atoms with E-state index >= 15 is 0 Å². The summed E-state index contributed by atoms with van der Waals surface area (Å²) in [6, 6.07) is 79.2. The summed E-state index contributed by atoms with van der Waals surface area (Å²) < 4.78 is 2.23. The van der Waals surface area contributed by atoms with E-state index < -0.39 is 0 Å². The lowest BCUT2D eigenvalue weighted by Crippen LogP contribution is -2.10. The van der Waals surface area contributed by atoms with E-state index in [1.807, 2.05) is 12.1 Å². The zero-order valence-corrected chi connectivity index (χ0v) is 32.7. The quantitative estimate of drug-likeness (QED) is 0.162. The molecule has 0 atom stereocenters. The summed E-state index contributed by atoms with van der Waals surface area (Å²) in [5.74, 6) is 0.961. The van der Waals surface area contributed by atoms with Gasteiger partial charge in [-0.25, -0.2) is 4.98 Å². The monoisotopic (exact) mass is 745 g/mol. The van der Waals surface area contributed by atoms with Crippen molar-refractivity contribution >= 4 is 38.9 Å². The molecular formula is C55H43N3. The average Bonchev–Trinajstić information content (AvgIpc) is 3.68. The molecule has 0 N–H and O–H groups in total. The molecule has 0 unspecified atom stereocenters. The number of benzene rings is 9. The number of nitrogens with zero attached hydrogens (tertiary/aromatic N) is 3. The normalized spacial score (nSPS) is 10.9. The molecule has 0 bridgehead atoms. The Morgan fingerprint density at radius 3 is 1.48 bits per heavy atom. The first-order chi connectivity index (χ1) is 28.6. The number of hydrogen-bond acceptors (Lipinski definition) is 2. The first-order valence-corrected chi connectivity index (χ1v) is 19.8. The molecule has 3 heteroatoms. The van der Waals surface area contributed by atoms with E-state index in [0.29, 0.717) is 0 Å². The Kier molecular flexibility index (Phi) is 10.2. The minimum absolute atomic E-state index is 0.961. The maximum absolute atomic E-state index is 4.94. The van der Waals surface area contributed by atoms with Crippen LogP contribution in [-0.4, -0.2) is 9.55 Å². The lowest BCUT2D eigenvalue weighted by Gasteiger charge is -2.27. The molecule has 0 saturated heterocycles. The largest absolute Gasteiger partial charge is 0.310 e. The van der Waals surface area contributed by atoms with Gasteiger partial charge in [-0.3, -0.25) is 4.57 Å². The molecule has 1 aromatic heterocycles. The molecular weight excluding hydrogens is 703 g/mol. The van der Waals surface area contributed by atoms with Gasteiger partial charge in [-0.15, -0.1) is 0 Å². The number of rotatable bonds is 7. The summed E-state index contributed by atoms with van der Waals surface area (Å²) in [4.78, 5) is 7.27. The molecule has 58 heavy (non-hydrogen) atoms. The van der Waals surface area contributed by atoms with Gasteiger partial charge in [-0.05, 0) is 96.1 Å². The number of aromatic nitrogens is 2. The number of fused-ring (bicyclic) bond motifs is 2. The van der Waals surface area contributed by atoms with E-state index in [1.54, 1.807) is 0 Å². The van der Waals surface area contributed by atoms with Gasteiger partial charge in [0.25, 0.3) is 0 Å². The van der Waals surface area contributed by atoms with E-state index in [9.17, 15) is 0 Å². The van der Waals surface area contributed by atoms with Gasteiger partial charge < -0.3 is 4.90 Å². The van der Waals surface area contributed by atoms with Crippen molar-refractivity contribution in [3.8, 4) is 39.3 Å². The predicted molar refractivity (Wildman–Crippen MR) is 245 cm³/mol. The standard InChI is InChI=1S/C29H23N.C26H20N2/c1-22-14-16-23(17-15-22)24-18-20-27(21-19-24)30(26-10-3-2-4-11-26)29-13-7-9-25-8-5-6-12-28(25)29;1-19-11-13-20(14-12-19)21-15-17-22(18-16-21)26-27-24-9-5-6-10-25(24)28(26)23-7-3-2-4-8-23/h2-21H,1H3;2-18H,1H3. The molecule has 0 radical (unpaired) electrons. The SMILES string of the molecule is Cc1ccc(-c2ccc(-c3nc4ccccc4n3-c3ccccc3)cc2)cc1.Cc1ccc(-c2ccc(N(c3ccccc3)c3cccc4ccccc34)cc2)cc1. The maximum Gasteiger partial charge on any atom is 0.145 e. The van der Waals surface area contributed by atoms with Crippen molar-refractivity contribution in [2.24, 2.45) is 0 Å². The predicted octanol–water partition coefficient (Wildman–Crippen LogP) is 15.0. The minimum Gasteiger partial charge on any atom is -0.310 e. The summed E-state index contributed by atoms with van der Waals surface area (Å²) in [7, 11) is 0. The van der Waals surface area contributed by atoms with E-state index in [2.05, 4.69) is 236 Å². The molecule has 0 saturated carbocycles. The van der Waals surface area contributed by atoms with Gasteiger partial charge in [-0.1, -0.05) is 181 Å². The Hall–Kier alpha value is -7.49. The summed E-state index contributed by atoms with van der Waals surface area (Å²) in [6.45, 7) is 4.23. The van der Waals surface area contributed by atoms with Crippen LogP contribution >= 0.6 is 0 Å². The van der Waals surface area contributed by atoms with Crippen molar-refractivity contribution in [3.63, 3.8) is 0 Å². The second-order valence-electron chi connectivity index (χ2n) is 14.6. The van der Waals surface area contributed by atoms with Gasteiger partial charge in [0.05, 0.1) is 16.7 Å². The molecule has 0 aliphatic carbocycles. The first kappa shape index (κ1) is 36.2. The average molecular weight is 746 g/mol. The van der Waals surface area contributed by atoms with Crippen LogP contribution in [0.2, 0.25) is 0 Å². The lowest BCUT2D eigenvalue weighted by atomic mass is 10.0. The maximum atomic E-state index is 4.94. The lowest BCUT2D eigenvalue weighted by molar-refractivity contribution is 1.10. The van der Waals surface area contributed by atoms with Gasteiger partial charge >= 0.3 is 0 Å². The molecule has 10 rings (SSSR count). The molecule has 0 spiro atoms. The van der Waals surface area contributed by atoms with Crippen molar-refractivity contribution in [2.75, 3.05) is 4.90 Å². The summed E-state index contributed by atoms with van der Waals surface area (Å²) in [5.41, 5.74) is 15.3. The molecule has 0 amide bonds. The Labute approximate surface area is 340 Å². The number of imidazole rings is 1. The summed E-state index contributed by atoms with van der Waals surface area (Å²) >= 11 is 0. The fourth-order valence-electron chi connectivity index (χ4n) is 7.57. The molecule has 1 heterocycles. The van der Waals surface area contributed by atoms with Crippen molar-refractivity contribution in [1.29, 1.82) is 0 Å². The van der Waals surface area contributed by atoms with Crippen LogP contribution in [0.25, 0.3) is 61.1 Å². The summed E-state index contributed by atoms with van der Waals surface area (Å²) in [6.07, 6.45) is 0. The van der Waals surface area contributed by atoms with Crippen LogP contribution in [0.4, 0.5) is 17.1 Å². The number of aryl methyl sites for hydroxylation is 2. The third-order valence-electron chi connectivity index (χ3n) is 10.6. The van der Waals surface area contributed by atoms with E-state index in [-0.39, 0.29) is 0 Å². The van der Waals surface area contributed by atoms with Crippen molar-refractivity contribution < 1.29 is 0 Å². The molecule has 10 aromatic rings. The van der Waals surface area contributed by atoms with E-state index in [1.165, 1.54) is 49.8 Å². The third kappa shape index (κ3) is 7.54. The van der Waals surface area contributed by atoms with Crippen LogP contribution in [-0.2, 0) is 0 Å². The molecule has 9 aromatic carbocycles. The molecule has 0 aliphatic rings. The fourth-order valence-corrected chi connectivity index (χ4v) is 7.57. The highest BCUT2D eigenvalue weighted by atomic mass is 15.1. The second kappa shape index (κ2) is 16.3. The Balaban J connectivity index is 0.000000151. The highest BCUT2D eigenvalue weighted by Crippen LogP contribution is 2.39. The molecule has 3 nitrogen and oxygen atoms in total. The van der Waals surface area contributed by atoms with Crippen LogP contribution < -0.4 is 4.90 Å². The van der Waals surface area contributed by atoms with Crippen LogP contribution in [0.1, 0.15) is 11.1 Å². The van der Waals surface area contributed by atoms with E-state index in [4.69, 9.17) is 4.98 Å². The molecule has 278 valence electrons. The zero-order chi connectivity index (χ0) is 39.3. The number of anilines is 3. The van der Waals surface area contributed by atoms with Crippen molar-refractivity contribution in [2.45, 2.75) is 13.8 Å². The summed E-state index contributed by atoms with van der Waals surface area (Å²) in [5, 5.41) is 2.48. The van der Waals surface area contributed by atoms with Crippen LogP contribution in [0.15, 0.2) is 224 Å². The zero-order valence-electron chi connectivity index (χ0n) is 32.7. The Morgan fingerprint density at radius 2 is 0.845 bits per heavy atom. The topological polar surface area (TPSA) is 21.1 Å². The third-order valence-corrected chi connectivity index (χ3v) is 10.6. The molecule has 0 aliphatic heterocycles. The second-order valence-corrected chi connectivity index (χ2v) is 14.6. The number of hydrogen-bond donors (Lipinski definition) is 0. The number of para-hydroxylation sites is 4. The highest BCUT2D eigenvalue weighted by Gasteiger charge is 2.16. The van der Waals surface area contributed by atoms with Gasteiger partial charge in [0.15, 0.2) is 0 Å². The van der Waals surface area contributed by atoms with Crippen LogP contribution in [0.5, 0.6) is 0 Å². The van der Waals surface area contributed by atoms with Gasteiger partial charge in [-0.2, -0.15) is 0 Å². The van der Waals surface area contributed by atoms with Crippen LogP contribution in [0, 0.1) is 13.8 Å². The first-order valence-electron chi connectivity index (χ1n) is 19.8.